The number of rotatable bonds is 7. The van der Waals surface area contributed by atoms with Gasteiger partial charge in [-0.2, -0.15) is 4.31 Å². The highest BCUT2D eigenvalue weighted by atomic mass is 32.2. The van der Waals surface area contributed by atoms with Crippen molar-refractivity contribution in [3.8, 4) is 5.75 Å². The molecule has 1 aliphatic rings. The zero-order valence-electron chi connectivity index (χ0n) is 17.5. The molecule has 31 heavy (non-hydrogen) atoms. The van der Waals surface area contributed by atoms with Gasteiger partial charge in [-0.15, -0.1) is 0 Å². The summed E-state index contributed by atoms with van der Waals surface area (Å²) < 4.78 is 34.4. The molecule has 0 spiro atoms. The number of nitrogens with one attached hydrogen (secondary N) is 1. The highest BCUT2D eigenvalue weighted by molar-refractivity contribution is 7.89. The number of hydrogen-bond donors (Lipinski definition) is 1. The average molecular weight is 442 g/mol. The quantitative estimate of drug-likeness (QED) is 0.611. The number of methoxy groups -OCH3 is 1. The number of para-hydroxylation sites is 1. The van der Waals surface area contributed by atoms with E-state index in [0.29, 0.717) is 44.8 Å². The standard InChI is InChI=1S/C23H27N3O4S/c1-30-20-6-8-21(9-7-20)31(28,29)26-15-11-19(12-16-26)23(27)24-13-17-25-14-10-18-4-2-3-5-22(18)25/h2-10,14,19H,11-13,15-17H2,1H3,(H,24,27). The van der Waals surface area contributed by atoms with Gasteiger partial charge in [0.15, 0.2) is 0 Å². The number of hydrogen-bond acceptors (Lipinski definition) is 4. The lowest BCUT2D eigenvalue weighted by molar-refractivity contribution is -0.126. The minimum absolute atomic E-state index is 0.00189. The predicted molar refractivity (Wildman–Crippen MR) is 119 cm³/mol. The molecule has 1 aliphatic heterocycles. The van der Waals surface area contributed by atoms with Crippen LogP contribution in [-0.4, -0.2) is 49.9 Å². The molecule has 2 heterocycles. The number of benzene rings is 2. The summed E-state index contributed by atoms with van der Waals surface area (Å²) in [7, 11) is -2.02. The van der Waals surface area contributed by atoms with Crippen LogP contribution in [0.1, 0.15) is 12.8 Å². The Hall–Kier alpha value is -2.84. The van der Waals surface area contributed by atoms with Crippen molar-refractivity contribution in [2.75, 3.05) is 26.7 Å². The van der Waals surface area contributed by atoms with Gasteiger partial charge in [0.1, 0.15) is 5.75 Å². The molecule has 0 bridgehead atoms. The van der Waals surface area contributed by atoms with Crippen LogP contribution >= 0.6 is 0 Å². The third-order valence-corrected chi connectivity index (χ3v) is 7.77. The number of aromatic nitrogens is 1. The summed E-state index contributed by atoms with van der Waals surface area (Å²) in [6, 6.07) is 16.6. The summed E-state index contributed by atoms with van der Waals surface area (Å²) in [5.74, 6) is 0.448. The smallest absolute Gasteiger partial charge is 0.243 e. The van der Waals surface area contributed by atoms with Crippen LogP contribution in [0, 0.1) is 5.92 Å². The zero-order valence-corrected chi connectivity index (χ0v) is 18.3. The van der Waals surface area contributed by atoms with Crippen molar-refractivity contribution in [1.82, 2.24) is 14.2 Å². The molecule has 8 heteroatoms. The van der Waals surface area contributed by atoms with Gasteiger partial charge in [0.05, 0.1) is 12.0 Å². The normalized spacial score (nSPS) is 15.8. The maximum absolute atomic E-state index is 12.9. The van der Waals surface area contributed by atoms with Gasteiger partial charge in [-0.3, -0.25) is 4.79 Å². The van der Waals surface area contributed by atoms with Gasteiger partial charge >= 0.3 is 0 Å². The summed E-state index contributed by atoms with van der Waals surface area (Å²) >= 11 is 0. The van der Waals surface area contributed by atoms with E-state index in [1.165, 1.54) is 9.69 Å². The highest BCUT2D eigenvalue weighted by Gasteiger charge is 2.32. The fourth-order valence-corrected chi connectivity index (χ4v) is 5.50. The number of ether oxygens (including phenoxy) is 1. The first-order valence-corrected chi connectivity index (χ1v) is 11.9. The van der Waals surface area contributed by atoms with Gasteiger partial charge in [-0.1, -0.05) is 18.2 Å². The molecule has 4 rings (SSSR count). The Bertz CT molecular complexity index is 1150. The number of nitrogens with zero attached hydrogens (tertiary/aromatic N) is 2. The largest absolute Gasteiger partial charge is 0.497 e. The number of amides is 1. The van der Waals surface area contributed by atoms with Crippen molar-refractivity contribution in [3.63, 3.8) is 0 Å². The Labute approximate surface area is 182 Å². The van der Waals surface area contributed by atoms with Crippen molar-refractivity contribution in [1.29, 1.82) is 0 Å². The first-order valence-electron chi connectivity index (χ1n) is 10.4. The van der Waals surface area contributed by atoms with E-state index >= 15 is 0 Å². The van der Waals surface area contributed by atoms with Gasteiger partial charge in [0, 0.05) is 43.8 Å². The van der Waals surface area contributed by atoms with Gasteiger partial charge in [0.2, 0.25) is 15.9 Å². The Morgan fingerprint density at radius 1 is 1.06 bits per heavy atom. The van der Waals surface area contributed by atoms with Crippen LogP contribution in [0.5, 0.6) is 5.75 Å². The van der Waals surface area contributed by atoms with Crippen molar-refractivity contribution < 1.29 is 17.9 Å². The minimum Gasteiger partial charge on any atom is -0.497 e. The maximum atomic E-state index is 12.9. The molecular weight excluding hydrogens is 414 g/mol. The zero-order chi connectivity index (χ0) is 21.8. The van der Waals surface area contributed by atoms with E-state index in [-0.39, 0.29) is 16.7 Å². The number of piperidine rings is 1. The Morgan fingerprint density at radius 3 is 2.48 bits per heavy atom. The van der Waals surface area contributed by atoms with E-state index in [9.17, 15) is 13.2 Å². The molecule has 0 atom stereocenters. The van der Waals surface area contributed by atoms with E-state index in [4.69, 9.17) is 4.74 Å². The van der Waals surface area contributed by atoms with Gasteiger partial charge in [-0.05, 0) is 54.6 Å². The second-order valence-corrected chi connectivity index (χ2v) is 9.65. The Balaban J connectivity index is 1.28. The molecule has 2 aromatic carbocycles. The molecule has 1 fully saturated rings. The van der Waals surface area contributed by atoms with Crippen LogP contribution in [0.15, 0.2) is 65.7 Å². The minimum atomic E-state index is -3.56. The van der Waals surface area contributed by atoms with E-state index < -0.39 is 10.0 Å². The van der Waals surface area contributed by atoms with Crippen LogP contribution in [-0.2, 0) is 21.4 Å². The molecule has 7 nitrogen and oxygen atoms in total. The third kappa shape index (κ3) is 4.60. The molecule has 0 aliphatic carbocycles. The number of sulfonamides is 1. The molecule has 1 saturated heterocycles. The van der Waals surface area contributed by atoms with Gasteiger partial charge in [-0.25, -0.2) is 8.42 Å². The molecule has 0 unspecified atom stereocenters. The van der Waals surface area contributed by atoms with Crippen molar-refractivity contribution >= 4 is 26.8 Å². The second-order valence-electron chi connectivity index (χ2n) is 7.71. The van der Waals surface area contributed by atoms with Crippen LogP contribution in [0.3, 0.4) is 0 Å². The third-order valence-electron chi connectivity index (χ3n) is 5.85. The maximum Gasteiger partial charge on any atom is 0.243 e. The van der Waals surface area contributed by atoms with Crippen LogP contribution in [0.4, 0.5) is 0 Å². The topological polar surface area (TPSA) is 80.6 Å². The van der Waals surface area contributed by atoms with Crippen LogP contribution in [0.25, 0.3) is 10.9 Å². The Kier molecular flexibility index (Phi) is 6.29. The summed E-state index contributed by atoms with van der Waals surface area (Å²) in [4.78, 5) is 12.8. The fraction of sp³-hybridized carbons (Fsp3) is 0.348. The first-order chi connectivity index (χ1) is 15.0. The van der Waals surface area contributed by atoms with Crippen molar-refractivity contribution in [3.05, 3.63) is 60.8 Å². The number of carbonyl (C=O) groups is 1. The van der Waals surface area contributed by atoms with E-state index in [2.05, 4.69) is 28.1 Å². The van der Waals surface area contributed by atoms with Crippen molar-refractivity contribution in [2.45, 2.75) is 24.3 Å². The van der Waals surface area contributed by atoms with E-state index in [1.54, 1.807) is 31.4 Å². The SMILES string of the molecule is COc1ccc(S(=O)(=O)N2CCC(C(=O)NCCn3ccc4ccccc43)CC2)cc1. The van der Waals surface area contributed by atoms with Crippen LogP contribution in [0.2, 0.25) is 0 Å². The molecule has 1 amide bonds. The molecule has 3 aromatic rings. The molecule has 1 N–H and O–H groups in total. The lowest BCUT2D eigenvalue weighted by Gasteiger charge is -2.30. The summed E-state index contributed by atoms with van der Waals surface area (Å²) in [5, 5.41) is 4.19. The van der Waals surface area contributed by atoms with E-state index in [0.717, 1.165) is 5.52 Å². The predicted octanol–water partition coefficient (Wildman–Crippen LogP) is 2.87. The second kappa shape index (κ2) is 9.11. The first kappa shape index (κ1) is 21.4. The Morgan fingerprint density at radius 2 is 1.77 bits per heavy atom. The summed E-state index contributed by atoms with van der Waals surface area (Å²) in [6.45, 7) is 1.93. The lowest BCUT2D eigenvalue weighted by Crippen LogP contribution is -2.43. The molecule has 0 saturated carbocycles. The van der Waals surface area contributed by atoms with Gasteiger partial charge < -0.3 is 14.6 Å². The fourth-order valence-electron chi connectivity index (χ4n) is 4.03. The lowest BCUT2D eigenvalue weighted by atomic mass is 9.97. The summed E-state index contributed by atoms with van der Waals surface area (Å²) in [5.41, 5.74) is 1.15. The van der Waals surface area contributed by atoms with Gasteiger partial charge in [0.25, 0.3) is 0 Å². The average Bonchev–Trinajstić information content (AvgIpc) is 3.22. The van der Waals surface area contributed by atoms with Crippen LogP contribution < -0.4 is 10.1 Å². The van der Waals surface area contributed by atoms with Crippen molar-refractivity contribution in [2.24, 2.45) is 5.92 Å². The molecule has 1 aromatic heterocycles. The highest BCUT2D eigenvalue weighted by Crippen LogP contribution is 2.25. The number of fused-ring (bicyclic) bond motifs is 1. The molecule has 164 valence electrons. The molecular formula is C23H27N3O4S. The van der Waals surface area contributed by atoms with E-state index in [1.807, 2.05) is 18.3 Å². The monoisotopic (exact) mass is 441 g/mol. The summed E-state index contributed by atoms with van der Waals surface area (Å²) in [6.07, 6.45) is 3.07. The molecule has 0 radical (unpaired) electrons. The number of carbonyl (C=O) groups excluding carboxylic acids is 1.